The van der Waals surface area contributed by atoms with Gasteiger partial charge >= 0.3 is 6.09 Å². The lowest BCUT2D eigenvalue weighted by Crippen LogP contribution is -2.28. The molecule has 13 heteroatoms. The van der Waals surface area contributed by atoms with E-state index in [1.807, 2.05) is 0 Å². The van der Waals surface area contributed by atoms with E-state index in [1.54, 1.807) is 42.9 Å². The fourth-order valence-corrected chi connectivity index (χ4v) is 5.14. The number of nitrogens with one attached hydrogen (secondary N) is 1. The van der Waals surface area contributed by atoms with Crippen LogP contribution in [-0.2, 0) is 4.74 Å². The van der Waals surface area contributed by atoms with Crippen LogP contribution in [-0.4, -0.2) is 58.2 Å². The van der Waals surface area contributed by atoms with E-state index in [-0.39, 0.29) is 6.10 Å². The highest BCUT2D eigenvalue weighted by Gasteiger charge is 2.56. The van der Waals surface area contributed by atoms with Gasteiger partial charge in [-0.25, -0.2) is 9.18 Å². The highest BCUT2D eigenvalue weighted by molar-refractivity contribution is 7.09. The van der Waals surface area contributed by atoms with E-state index < -0.39 is 11.9 Å². The summed E-state index contributed by atoms with van der Waals surface area (Å²) in [5.74, 6) is 1.04. The maximum Gasteiger partial charge on any atom is 0.414 e. The first kappa shape index (κ1) is 24.4. The van der Waals surface area contributed by atoms with Crippen molar-refractivity contribution in [1.29, 1.82) is 5.26 Å². The van der Waals surface area contributed by atoms with E-state index in [0.717, 1.165) is 18.2 Å². The first-order chi connectivity index (χ1) is 18.1. The molecule has 2 saturated heterocycles. The number of pyridine rings is 1. The van der Waals surface area contributed by atoms with Crippen molar-refractivity contribution in [3.63, 3.8) is 0 Å². The van der Waals surface area contributed by atoms with Crippen LogP contribution in [0, 0.1) is 34.9 Å². The van der Waals surface area contributed by atoms with Crippen LogP contribution in [0.1, 0.15) is 0 Å². The largest absolute Gasteiger partial charge is 0.442 e. The van der Waals surface area contributed by atoms with Crippen LogP contribution in [0.3, 0.4) is 0 Å². The number of nitriles is 1. The van der Waals surface area contributed by atoms with Crippen molar-refractivity contribution in [3.8, 4) is 17.2 Å². The molecule has 3 fully saturated rings. The Morgan fingerprint density at radius 3 is 2.78 bits per heavy atom. The molecule has 4 atom stereocenters. The normalized spacial score (nSPS) is 23.7. The number of amides is 1. The van der Waals surface area contributed by atoms with Crippen LogP contribution in [0.2, 0.25) is 0 Å². The Balaban J connectivity index is 0.000000179. The number of nitrogens with two attached hydrogens (primary N) is 1. The number of rotatable bonds is 6. The van der Waals surface area contributed by atoms with E-state index in [4.69, 9.17) is 15.7 Å². The monoisotopic (exact) mass is 521 g/mol. The topological polar surface area (TPSA) is 146 Å². The molecule has 3 aliphatic rings. The molecule has 1 amide bonds. The molecule has 3 aromatic rings. The molecule has 4 heterocycles. The van der Waals surface area contributed by atoms with E-state index in [0.29, 0.717) is 47.7 Å². The number of carbonyl (C=O) groups is 1. The van der Waals surface area contributed by atoms with Crippen molar-refractivity contribution < 1.29 is 13.9 Å². The Hall–Kier alpha value is -4.31. The Morgan fingerprint density at radius 1 is 1.30 bits per heavy atom. The molecular formula is C24H24FN9O2S. The number of ether oxygens (including phenoxy) is 1. The van der Waals surface area contributed by atoms with Gasteiger partial charge in [-0.3, -0.25) is 9.88 Å². The molecular weight excluding hydrogens is 497 g/mol. The van der Waals surface area contributed by atoms with Crippen LogP contribution < -0.4 is 20.9 Å². The first-order valence-corrected chi connectivity index (χ1v) is 12.4. The molecule has 1 saturated carbocycles. The van der Waals surface area contributed by atoms with E-state index in [2.05, 4.69) is 36.1 Å². The van der Waals surface area contributed by atoms with Gasteiger partial charge in [0.25, 0.3) is 0 Å². The number of nitrogens with zero attached hydrogens (tertiary/aromatic N) is 7. The minimum absolute atomic E-state index is 0.303. The molecule has 0 spiro atoms. The number of anilines is 2. The van der Waals surface area contributed by atoms with Gasteiger partial charge in [-0.2, -0.15) is 5.26 Å². The molecule has 37 heavy (non-hydrogen) atoms. The third kappa shape index (κ3) is 5.29. The fraction of sp³-hybridized carbons (Fsp3) is 0.333. The van der Waals surface area contributed by atoms with Crippen LogP contribution in [0.25, 0.3) is 11.1 Å². The number of hydrogen-bond donors (Lipinski definition) is 2. The minimum Gasteiger partial charge on any atom is -0.442 e. The average Bonchev–Trinajstić information content (AvgIpc) is 3.39. The van der Waals surface area contributed by atoms with Gasteiger partial charge in [-0.15, -0.1) is 0 Å². The number of aromatic nitrogens is 4. The lowest BCUT2D eigenvalue weighted by atomic mass is 10.1. The van der Waals surface area contributed by atoms with Crippen molar-refractivity contribution >= 4 is 28.4 Å². The van der Waals surface area contributed by atoms with E-state index in [9.17, 15) is 9.18 Å². The highest BCUT2D eigenvalue weighted by atomic mass is 32.1. The molecule has 0 radical (unpaired) electrons. The van der Waals surface area contributed by atoms with Gasteiger partial charge in [-0.05, 0) is 41.3 Å². The maximum absolute atomic E-state index is 14.4. The number of cyclic esters (lactones) is 1. The number of carbonyl (C=O) groups excluding carboxylic acids is 1. The Bertz CT molecular complexity index is 1290. The van der Waals surface area contributed by atoms with Crippen molar-refractivity contribution in [1.82, 2.24) is 25.1 Å². The van der Waals surface area contributed by atoms with Crippen LogP contribution >= 0.6 is 11.5 Å². The van der Waals surface area contributed by atoms with Gasteiger partial charge in [0.1, 0.15) is 11.9 Å². The third-order valence-corrected chi connectivity index (χ3v) is 7.23. The zero-order valence-corrected chi connectivity index (χ0v) is 20.5. The second-order valence-electron chi connectivity index (χ2n) is 8.82. The lowest BCUT2D eigenvalue weighted by molar-refractivity contribution is 0.142. The summed E-state index contributed by atoms with van der Waals surface area (Å²) in [5.41, 5.74) is 6.81. The second-order valence-corrected chi connectivity index (χ2v) is 9.53. The molecule has 3 N–H and O–H groups in total. The highest BCUT2D eigenvalue weighted by Crippen LogP contribution is 2.52. The SMILES string of the molecule is N#CC1[C@H]2CN(c3nnns3)C[C@@H]12.N/C=C\NCC1CN(c2ccc(-c3cccnc3)c(F)c2)C(=O)O1. The molecule has 2 unspecified atom stereocenters. The smallest absolute Gasteiger partial charge is 0.414 e. The molecule has 1 aromatic carbocycles. The predicted molar refractivity (Wildman–Crippen MR) is 135 cm³/mol. The molecule has 2 aromatic heterocycles. The molecule has 1 aliphatic carbocycles. The van der Waals surface area contributed by atoms with Gasteiger partial charge in [0.05, 0.1) is 30.8 Å². The van der Waals surface area contributed by atoms with Crippen molar-refractivity contribution in [2.75, 3.05) is 36.0 Å². The lowest BCUT2D eigenvalue weighted by Gasteiger charge is -2.15. The number of benzene rings is 1. The van der Waals surface area contributed by atoms with Crippen LogP contribution in [0.4, 0.5) is 20.0 Å². The summed E-state index contributed by atoms with van der Waals surface area (Å²) in [6.07, 6.45) is 5.33. The summed E-state index contributed by atoms with van der Waals surface area (Å²) in [6.45, 7) is 2.70. The fourth-order valence-electron chi connectivity index (χ4n) is 4.66. The third-order valence-electron chi connectivity index (χ3n) is 6.57. The van der Waals surface area contributed by atoms with Crippen molar-refractivity contribution in [3.05, 3.63) is 60.9 Å². The number of fused-ring (bicyclic) bond motifs is 1. The number of piperidine rings is 1. The summed E-state index contributed by atoms with van der Waals surface area (Å²) >= 11 is 1.32. The summed E-state index contributed by atoms with van der Waals surface area (Å²) in [7, 11) is 0. The summed E-state index contributed by atoms with van der Waals surface area (Å²) in [5, 5.41) is 20.0. The molecule has 190 valence electrons. The van der Waals surface area contributed by atoms with E-state index in [1.165, 1.54) is 28.7 Å². The first-order valence-electron chi connectivity index (χ1n) is 11.7. The standard InChI is InChI=1S/C17H17FN4O2.C7H7N5S/c18-16-8-13(3-4-15(16)12-2-1-6-20-9-12)22-11-14(24-17(22)23)10-21-7-5-19;8-1-4-5-2-12(3-6(4)5)7-9-10-11-13-7/h1-9,14,21H,10-11,19H2;4-6H,2-3H2/b7-5-;/t;4?,5-,6+. The van der Waals surface area contributed by atoms with Gasteiger partial charge < -0.3 is 20.7 Å². The Kier molecular flexibility index (Phi) is 7.09. The molecule has 11 nitrogen and oxygen atoms in total. The average molecular weight is 522 g/mol. The molecule has 6 rings (SSSR count). The zero-order valence-electron chi connectivity index (χ0n) is 19.6. The summed E-state index contributed by atoms with van der Waals surface area (Å²) in [6, 6.07) is 10.5. The van der Waals surface area contributed by atoms with Gasteiger partial charge in [0.2, 0.25) is 5.13 Å². The maximum atomic E-state index is 14.4. The van der Waals surface area contributed by atoms with Crippen LogP contribution in [0.15, 0.2) is 55.1 Å². The van der Waals surface area contributed by atoms with Crippen LogP contribution in [0.5, 0.6) is 0 Å². The van der Waals surface area contributed by atoms with E-state index >= 15 is 0 Å². The van der Waals surface area contributed by atoms with Gasteiger partial charge in [0, 0.05) is 60.5 Å². The molecule has 2 aliphatic heterocycles. The summed E-state index contributed by atoms with van der Waals surface area (Å²) < 4.78 is 23.4. The molecule has 0 bridgehead atoms. The number of hydrogen-bond acceptors (Lipinski definition) is 11. The summed E-state index contributed by atoms with van der Waals surface area (Å²) in [4.78, 5) is 19.6. The Morgan fingerprint density at radius 2 is 2.14 bits per heavy atom. The number of halogens is 1. The van der Waals surface area contributed by atoms with Gasteiger partial charge in [-0.1, -0.05) is 15.7 Å². The zero-order chi connectivity index (χ0) is 25.8. The predicted octanol–water partition coefficient (Wildman–Crippen LogP) is 2.37. The quantitative estimate of drug-likeness (QED) is 0.496. The van der Waals surface area contributed by atoms with Crippen molar-refractivity contribution in [2.45, 2.75) is 6.10 Å². The second kappa shape index (κ2) is 10.8. The van der Waals surface area contributed by atoms with Gasteiger partial charge in [0.15, 0.2) is 0 Å². The van der Waals surface area contributed by atoms with Crippen molar-refractivity contribution in [2.24, 2.45) is 23.5 Å². The Labute approximate surface area is 216 Å². The minimum atomic E-state index is -0.493.